The number of sulfonamides is 1. The maximum absolute atomic E-state index is 12.6. The van der Waals surface area contributed by atoms with E-state index >= 15 is 0 Å². The summed E-state index contributed by atoms with van der Waals surface area (Å²) in [7, 11) is -3.79. The van der Waals surface area contributed by atoms with Crippen molar-refractivity contribution in [3.63, 3.8) is 0 Å². The highest BCUT2D eigenvalue weighted by Gasteiger charge is 2.25. The summed E-state index contributed by atoms with van der Waals surface area (Å²) in [6.45, 7) is 5.71. The van der Waals surface area contributed by atoms with Crippen molar-refractivity contribution in [1.82, 2.24) is 4.31 Å². The predicted molar refractivity (Wildman–Crippen MR) is 108 cm³/mol. The summed E-state index contributed by atoms with van der Waals surface area (Å²) < 4.78 is 27.0. The van der Waals surface area contributed by atoms with Gasteiger partial charge in [-0.1, -0.05) is 25.4 Å². The fourth-order valence-corrected chi connectivity index (χ4v) is 4.80. The Bertz CT molecular complexity index is 969. The summed E-state index contributed by atoms with van der Waals surface area (Å²) in [5, 5.41) is 15.6. The normalized spacial score (nSPS) is 12.4. The first-order valence-electron chi connectivity index (χ1n) is 8.05. The van der Waals surface area contributed by atoms with Gasteiger partial charge in [0.2, 0.25) is 10.0 Å². The van der Waals surface area contributed by atoms with Gasteiger partial charge < -0.3 is 0 Å². The van der Waals surface area contributed by atoms with Gasteiger partial charge in [-0.25, -0.2) is 8.42 Å². The fourth-order valence-electron chi connectivity index (χ4n) is 2.34. The van der Waals surface area contributed by atoms with Gasteiger partial charge in [0.25, 0.3) is 5.69 Å². The number of benzene rings is 1. The average Bonchev–Trinajstić information content (AvgIpc) is 3.06. The van der Waals surface area contributed by atoms with E-state index in [1.165, 1.54) is 27.8 Å². The molecular weight excluding hydrogens is 412 g/mol. The van der Waals surface area contributed by atoms with Crippen LogP contribution in [0.25, 0.3) is 0 Å². The minimum Gasteiger partial charge on any atom is -0.271 e. The van der Waals surface area contributed by atoms with Crippen molar-refractivity contribution in [1.29, 1.82) is 0 Å². The molecule has 0 aliphatic carbocycles. The zero-order chi connectivity index (χ0) is 20.2. The maximum atomic E-state index is 12.6. The summed E-state index contributed by atoms with van der Waals surface area (Å²) in [6.07, 6.45) is 0. The lowest BCUT2D eigenvalue weighted by Gasteiger charge is -2.18. The molecule has 0 radical (unpaired) electrons. The Balaban J connectivity index is 2.37. The monoisotopic (exact) mass is 430 g/mol. The molecule has 1 aromatic carbocycles. The predicted octanol–water partition coefficient (Wildman–Crippen LogP) is 4.18. The van der Waals surface area contributed by atoms with E-state index in [1.807, 2.05) is 0 Å². The third-order valence-corrected chi connectivity index (χ3v) is 7.17. The molecule has 0 fully saturated rings. The second-order valence-corrected chi connectivity index (χ2v) is 9.09. The van der Waals surface area contributed by atoms with Crippen LogP contribution in [-0.2, 0) is 10.0 Å². The molecule has 0 bridgehead atoms. The highest BCUT2D eigenvalue weighted by atomic mass is 35.5. The van der Waals surface area contributed by atoms with E-state index in [0.717, 1.165) is 10.9 Å². The second kappa shape index (κ2) is 8.79. The SMILES string of the molecule is CCN(CC)S(=O)(=O)c1ccc(NN=C(C)c2ccc(Cl)s2)c([N+](=O)[O-])c1. The van der Waals surface area contributed by atoms with E-state index in [4.69, 9.17) is 11.6 Å². The van der Waals surface area contributed by atoms with Gasteiger partial charge in [0, 0.05) is 19.2 Å². The number of hydrogen-bond donors (Lipinski definition) is 1. The number of rotatable bonds is 8. The van der Waals surface area contributed by atoms with Crippen LogP contribution in [0.2, 0.25) is 4.34 Å². The number of halogens is 1. The first kappa shape index (κ1) is 21.3. The molecule has 0 unspecified atom stereocenters. The van der Waals surface area contributed by atoms with Gasteiger partial charge in [-0.15, -0.1) is 11.3 Å². The van der Waals surface area contributed by atoms with Crippen LogP contribution in [0.1, 0.15) is 25.6 Å². The van der Waals surface area contributed by atoms with Crippen molar-refractivity contribution in [3.05, 3.63) is 49.7 Å². The van der Waals surface area contributed by atoms with E-state index < -0.39 is 14.9 Å². The Labute approximate surface area is 166 Å². The first-order valence-corrected chi connectivity index (χ1v) is 10.7. The van der Waals surface area contributed by atoms with E-state index in [2.05, 4.69) is 10.5 Å². The molecule has 0 aliphatic rings. The molecular formula is C16H19ClN4O4S2. The zero-order valence-corrected chi connectivity index (χ0v) is 17.4. The van der Waals surface area contributed by atoms with Crippen molar-refractivity contribution in [2.75, 3.05) is 18.5 Å². The molecule has 2 aromatic rings. The van der Waals surface area contributed by atoms with Crippen LogP contribution in [0.5, 0.6) is 0 Å². The number of nitrogens with zero attached hydrogens (tertiary/aromatic N) is 3. The van der Waals surface area contributed by atoms with E-state index in [-0.39, 0.29) is 29.4 Å². The molecule has 8 nitrogen and oxygen atoms in total. The Kier molecular flexibility index (Phi) is 6.93. The topological polar surface area (TPSA) is 105 Å². The van der Waals surface area contributed by atoms with Crippen LogP contribution in [0, 0.1) is 10.1 Å². The van der Waals surface area contributed by atoms with Crippen LogP contribution < -0.4 is 5.43 Å². The lowest BCUT2D eigenvalue weighted by Crippen LogP contribution is -2.30. The molecule has 1 heterocycles. The minimum atomic E-state index is -3.79. The molecule has 1 aromatic heterocycles. The lowest BCUT2D eigenvalue weighted by atomic mass is 10.3. The summed E-state index contributed by atoms with van der Waals surface area (Å²) >= 11 is 7.22. The molecule has 146 valence electrons. The number of hydrogen-bond acceptors (Lipinski definition) is 7. The van der Waals surface area contributed by atoms with Crippen molar-refractivity contribution < 1.29 is 13.3 Å². The van der Waals surface area contributed by atoms with Gasteiger partial charge in [-0.05, 0) is 31.2 Å². The standard InChI is InChI=1S/C16H19ClN4O4S2/c1-4-20(5-2)27(24,25)12-6-7-13(14(10-12)21(22)23)19-18-11(3)15-8-9-16(17)26-15/h6-10,19H,4-5H2,1-3H3. The van der Waals surface area contributed by atoms with Gasteiger partial charge in [-0.3, -0.25) is 15.5 Å². The van der Waals surface area contributed by atoms with Gasteiger partial charge in [0.1, 0.15) is 5.69 Å². The highest BCUT2D eigenvalue weighted by molar-refractivity contribution is 7.89. The molecule has 0 saturated carbocycles. The molecule has 11 heteroatoms. The van der Waals surface area contributed by atoms with Crippen molar-refractivity contribution >= 4 is 50.0 Å². The number of nitro benzene ring substituents is 1. The van der Waals surface area contributed by atoms with Crippen LogP contribution in [0.3, 0.4) is 0 Å². The Morgan fingerprint density at radius 1 is 1.30 bits per heavy atom. The van der Waals surface area contributed by atoms with Crippen molar-refractivity contribution in [3.8, 4) is 0 Å². The Hall–Kier alpha value is -2.01. The third-order valence-electron chi connectivity index (χ3n) is 3.78. The Morgan fingerprint density at radius 2 is 1.96 bits per heavy atom. The molecule has 0 amide bonds. The van der Waals surface area contributed by atoms with Crippen LogP contribution in [-0.4, -0.2) is 36.4 Å². The largest absolute Gasteiger partial charge is 0.295 e. The molecule has 1 N–H and O–H groups in total. The quantitative estimate of drug-likeness (QED) is 0.384. The van der Waals surface area contributed by atoms with Crippen LogP contribution >= 0.6 is 22.9 Å². The summed E-state index contributed by atoms with van der Waals surface area (Å²) in [6, 6.07) is 7.24. The highest BCUT2D eigenvalue weighted by Crippen LogP contribution is 2.29. The number of anilines is 1. The summed E-state index contributed by atoms with van der Waals surface area (Å²) in [4.78, 5) is 11.5. The van der Waals surface area contributed by atoms with Gasteiger partial charge >= 0.3 is 0 Å². The smallest absolute Gasteiger partial charge is 0.271 e. The van der Waals surface area contributed by atoms with Crippen LogP contribution in [0.15, 0.2) is 40.3 Å². The summed E-state index contributed by atoms with van der Waals surface area (Å²) in [5.74, 6) is 0. The van der Waals surface area contributed by atoms with E-state index in [9.17, 15) is 18.5 Å². The molecule has 27 heavy (non-hydrogen) atoms. The minimum absolute atomic E-state index is 0.0977. The number of thiophene rings is 1. The van der Waals surface area contributed by atoms with Crippen LogP contribution in [0.4, 0.5) is 11.4 Å². The Morgan fingerprint density at radius 3 is 2.48 bits per heavy atom. The zero-order valence-electron chi connectivity index (χ0n) is 15.0. The molecule has 0 atom stereocenters. The van der Waals surface area contributed by atoms with Crippen molar-refractivity contribution in [2.45, 2.75) is 25.7 Å². The van der Waals surface area contributed by atoms with E-state index in [0.29, 0.717) is 10.0 Å². The van der Waals surface area contributed by atoms with E-state index in [1.54, 1.807) is 32.9 Å². The number of nitrogens with one attached hydrogen (secondary N) is 1. The number of nitro groups is 1. The van der Waals surface area contributed by atoms with Gasteiger partial charge in [-0.2, -0.15) is 9.41 Å². The van der Waals surface area contributed by atoms with Gasteiger partial charge in [0.05, 0.1) is 24.7 Å². The number of hydrazone groups is 1. The lowest BCUT2D eigenvalue weighted by molar-refractivity contribution is -0.384. The van der Waals surface area contributed by atoms with Crippen molar-refractivity contribution in [2.24, 2.45) is 5.10 Å². The molecule has 0 aliphatic heterocycles. The van der Waals surface area contributed by atoms with Gasteiger partial charge in [0.15, 0.2) is 0 Å². The first-order chi connectivity index (χ1) is 12.7. The average molecular weight is 431 g/mol. The fraction of sp³-hybridized carbons (Fsp3) is 0.312. The second-order valence-electron chi connectivity index (χ2n) is 5.44. The summed E-state index contributed by atoms with van der Waals surface area (Å²) in [5.41, 5.74) is 2.96. The molecule has 0 saturated heterocycles. The molecule has 0 spiro atoms. The maximum Gasteiger partial charge on any atom is 0.295 e. The molecule has 2 rings (SSSR count). The third kappa shape index (κ3) is 4.83.